The SMILES string of the molecule is O=C(O)[C@H]1CCN(C(=O)c2ccccc2Cn2cncn2)C1. The van der Waals surface area contributed by atoms with Crippen LogP contribution in [0.4, 0.5) is 0 Å². The molecule has 0 aliphatic carbocycles. The van der Waals surface area contributed by atoms with Crippen molar-refractivity contribution in [3.8, 4) is 0 Å². The first-order valence-corrected chi connectivity index (χ1v) is 7.07. The van der Waals surface area contributed by atoms with Crippen LogP contribution in [-0.2, 0) is 11.3 Å². The van der Waals surface area contributed by atoms with Crippen molar-refractivity contribution >= 4 is 11.9 Å². The number of carboxylic acids is 1. The van der Waals surface area contributed by atoms with Gasteiger partial charge in [0.15, 0.2) is 0 Å². The molecule has 1 saturated heterocycles. The second kappa shape index (κ2) is 5.97. The van der Waals surface area contributed by atoms with Crippen LogP contribution in [0.1, 0.15) is 22.3 Å². The molecular formula is C15H16N4O3. The number of hydrogen-bond donors (Lipinski definition) is 1. The topological polar surface area (TPSA) is 88.3 Å². The van der Waals surface area contributed by atoms with Gasteiger partial charge < -0.3 is 10.0 Å². The summed E-state index contributed by atoms with van der Waals surface area (Å²) in [6.07, 6.45) is 3.55. The van der Waals surface area contributed by atoms with Gasteiger partial charge in [-0.1, -0.05) is 18.2 Å². The summed E-state index contributed by atoms with van der Waals surface area (Å²) in [4.78, 5) is 29.2. The molecule has 2 aromatic rings. The number of amides is 1. The molecule has 0 saturated carbocycles. The van der Waals surface area contributed by atoms with Crippen LogP contribution >= 0.6 is 0 Å². The molecule has 7 nitrogen and oxygen atoms in total. The first kappa shape index (κ1) is 14.2. The maximum Gasteiger partial charge on any atom is 0.308 e. The van der Waals surface area contributed by atoms with Gasteiger partial charge in [0.05, 0.1) is 12.5 Å². The zero-order valence-corrected chi connectivity index (χ0v) is 11.9. The first-order valence-electron chi connectivity index (χ1n) is 7.07. The van der Waals surface area contributed by atoms with Crippen LogP contribution in [0.3, 0.4) is 0 Å². The molecule has 1 atom stereocenters. The molecule has 22 heavy (non-hydrogen) atoms. The summed E-state index contributed by atoms with van der Waals surface area (Å²) in [5, 5.41) is 13.1. The molecule has 114 valence electrons. The van der Waals surface area contributed by atoms with Gasteiger partial charge in [0.25, 0.3) is 5.91 Å². The fourth-order valence-corrected chi connectivity index (χ4v) is 2.67. The molecule has 1 aromatic heterocycles. The lowest BCUT2D eigenvalue weighted by atomic mass is 10.1. The smallest absolute Gasteiger partial charge is 0.308 e. The van der Waals surface area contributed by atoms with E-state index in [4.69, 9.17) is 5.11 Å². The first-order chi connectivity index (χ1) is 10.6. The van der Waals surface area contributed by atoms with Crippen molar-refractivity contribution in [3.63, 3.8) is 0 Å². The molecule has 2 heterocycles. The van der Waals surface area contributed by atoms with E-state index in [0.717, 1.165) is 5.56 Å². The summed E-state index contributed by atoms with van der Waals surface area (Å²) in [5.74, 6) is -1.43. The number of carbonyl (C=O) groups is 2. The number of rotatable bonds is 4. The molecule has 0 bridgehead atoms. The molecule has 1 N–H and O–H groups in total. The molecule has 0 radical (unpaired) electrons. The highest BCUT2D eigenvalue weighted by Gasteiger charge is 2.31. The van der Waals surface area contributed by atoms with E-state index in [1.807, 2.05) is 18.2 Å². The van der Waals surface area contributed by atoms with Gasteiger partial charge in [-0.25, -0.2) is 9.67 Å². The maximum atomic E-state index is 12.7. The van der Waals surface area contributed by atoms with Crippen LogP contribution in [0.5, 0.6) is 0 Å². The van der Waals surface area contributed by atoms with Gasteiger partial charge in [0.1, 0.15) is 12.7 Å². The third-order valence-corrected chi connectivity index (χ3v) is 3.87. The quantitative estimate of drug-likeness (QED) is 0.905. The number of carboxylic acid groups (broad SMARTS) is 1. The van der Waals surface area contributed by atoms with E-state index in [1.54, 1.807) is 22.0 Å². The number of likely N-dealkylation sites (tertiary alicyclic amines) is 1. The molecule has 1 aliphatic heterocycles. The van der Waals surface area contributed by atoms with Crippen molar-refractivity contribution in [3.05, 3.63) is 48.0 Å². The number of carbonyl (C=O) groups excluding carboxylic acids is 1. The number of aromatic nitrogens is 3. The Morgan fingerprint density at radius 1 is 1.32 bits per heavy atom. The maximum absolute atomic E-state index is 12.7. The minimum absolute atomic E-state index is 0.125. The molecule has 7 heteroatoms. The summed E-state index contributed by atoms with van der Waals surface area (Å²) in [6, 6.07) is 7.32. The van der Waals surface area contributed by atoms with E-state index >= 15 is 0 Å². The Morgan fingerprint density at radius 2 is 2.14 bits per heavy atom. The van der Waals surface area contributed by atoms with Crippen molar-refractivity contribution < 1.29 is 14.7 Å². The van der Waals surface area contributed by atoms with Gasteiger partial charge in [0.2, 0.25) is 0 Å². The number of nitrogens with zero attached hydrogens (tertiary/aromatic N) is 4. The van der Waals surface area contributed by atoms with Crippen LogP contribution in [0.25, 0.3) is 0 Å². The lowest BCUT2D eigenvalue weighted by molar-refractivity contribution is -0.141. The van der Waals surface area contributed by atoms with E-state index in [2.05, 4.69) is 10.1 Å². The van der Waals surface area contributed by atoms with Crippen LogP contribution in [0.2, 0.25) is 0 Å². The highest BCUT2D eigenvalue weighted by molar-refractivity contribution is 5.96. The third kappa shape index (κ3) is 2.83. The molecule has 1 amide bonds. The lowest BCUT2D eigenvalue weighted by Crippen LogP contribution is -2.30. The highest BCUT2D eigenvalue weighted by Crippen LogP contribution is 2.21. The van der Waals surface area contributed by atoms with Crippen molar-refractivity contribution in [2.75, 3.05) is 13.1 Å². The average molecular weight is 300 g/mol. The van der Waals surface area contributed by atoms with Gasteiger partial charge in [-0.3, -0.25) is 9.59 Å². The van der Waals surface area contributed by atoms with Gasteiger partial charge in [-0.2, -0.15) is 5.10 Å². The largest absolute Gasteiger partial charge is 0.481 e. The van der Waals surface area contributed by atoms with Gasteiger partial charge in [-0.15, -0.1) is 0 Å². The molecular weight excluding hydrogens is 284 g/mol. The minimum atomic E-state index is -0.841. The van der Waals surface area contributed by atoms with Crippen LogP contribution < -0.4 is 0 Å². The predicted octanol–water partition coefficient (Wildman–Crippen LogP) is 0.873. The van der Waals surface area contributed by atoms with Crippen LogP contribution in [-0.4, -0.2) is 49.7 Å². The fourth-order valence-electron chi connectivity index (χ4n) is 2.67. The minimum Gasteiger partial charge on any atom is -0.481 e. The monoisotopic (exact) mass is 300 g/mol. The second-order valence-corrected chi connectivity index (χ2v) is 5.33. The molecule has 0 unspecified atom stereocenters. The highest BCUT2D eigenvalue weighted by atomic mass is 16.4. The van der Waals surface area contributed by atoms with Gasteiger partial charge >= 0.3 is 5.97 Å². The summed E-state index contributed by atoms with van der Waals surface area (Å²) in [5.41, 5.74) is 1.43. The number of hydrogen-bond acceptors (Lipinski definition) is 4. The predicted molar refractivity (Wildman–Crippen MR) is 77.2 cm³/mol. The van der Waals surface area contributed by atoms with E-state index in [0.29, 0.717) is 25.1 Å². The van der Waals surface area contributed by atoms with Crippen molar-refractivity contribution in [2.45, 2.75) is 13.0 Å². The summed E-state index contributed by atoms with van der Waals surface area (Å²) in [7, 11) is 0. The van der Waals surface area contributed by atoms with Gasteiger partial charge in [0, 0.05) is 18.7 Å². The zero-order chi connectivity index (χ0) is 15.5. The number of benzene rings is 1. The Balaban J connectivity index is 1.80. The zero-order valence-electron chi connectivity index (χ0n) is 11.9. The Labute approximate surface area is 127 Å². The molecule has 3 rings (SSSR count). The molecule has 1 fully saturated rings. The lowest BCUT2D eigenvalue weighted by Gasteiger charge is -2.18. The Kier molecular flexibility index (Phi) is 3.86. The van der Waals surface area contributed by atoms with Crippen molar-refractivity contribution in [2.24, 2.45) is 5.92 Å². The second-order valence-electron chi connectivity index (χ2n) is 5.33. The summed E-state index contributed by atoms with van der Waals surface area (Å²) >= 11 is 0. The van der Waals surface area contributed by atoms with Gasteiger partial charge in [-0.05, 0) is 18.1 Å². The summed E-state index contributed by atoms with van der Waals surface area (Å²) < 4.78 is 1.65. The van der Waals surface area contributed by atoms with E-state index in [-0.39, 0.29) is 12.5 Å². The van der Waals surface area contributed by atoms with Crippen LogP contribution in [0, 0.1) is 5.92 Å². The van der Waals surface area contributed by atoms with Crippen molar-refractivity contribution in [1.29, 1.82) is 0 Å². The molecule has 1 aromatic carbocycles. The average Bonchev–Trinajstić information content (AvgIpc) is 3.18. The van der Waals surface area contributed by atoms with E-state index in [9.17, 15) is 9.59 Å². The standard InChI is InChI=1S/C15H16N4O3/c20-14(18-6-5-12(7-18)15(21)22)13-4-2-1-3-11(13)8-19-10-16-9-17-19/h1-4,9-10,12H,5-8H2,(H,21,22)/t12-/m0/s1. The van der Waals surface area contributed by atoms with Crippen molar-refractivity contribution in [1.82, 2.24) is 19.7 Å². The normalized spacial score (nSPS) is 17.6. The third-order valence-electron chi connectivity index (χ3n) is 3.87. The van der Waals surface area contributed by atoms with Crippen LogP contribution in [0.15, 0.2) is 36.9 Å². The molecule has 0 spiro atoms. The summed E-state index contributed by atoms with van der Waals surface area (Å²) in [6.45, 7) is 1.21. The van der Waals surface area contributed by atoms with E-state index < -0.39 is 11.9 Å². The Morgan fingerprint density at radius 3 is 2.82 bits per heavy atom. The van der Waals surface area contributed by atoms with E-state index in [1.165, 1.54) is 6.33 Å². The Bertz CT molecular complexity index is 684. The molecule has 1 aliphatic rings. The number of aliphatic carboxylic acids is 1. The Hall–Kier alpha value is -2.70. The fraction of sp³-hybridized carbons (Fsp3) is 0.333.